The Morgan fingerprint density at radius 2 is 1.76 bits per heavy atom. The van der Waals surface area contributed by atoms with Crippen LogP contribution < -0.4 is 5.32 Å². The lowest BCUT2D eigenvalue weighted by molar-refractivity contribution is 0.228. The molecule has 0 bridgehead atoms. The summed E-state index contributed by atoms with van der Waals surface area (Å²) in [6.45, 7) is 10.3. The number of rotatable bonds is 4. The number of hydrogen-bond donors (Lipinski definition) is 1. The fourth-order valence-electron chi connectivity index (χ4n) is 2.50. The minimum Gasteiger partial charge on any atom is -0.329 e. The summed E-state index contributed by atoms with van der Waals surface area (Å²) < 4.78 is 2.25. The molecule has 1 aromatic carbocycles. The van der Waals surface area contributed by atoms with E-state index < -0.39 is 0 Å². The van der Waals surface area contributed by atoms with Crippen LogP contribution in [0.1, 0.15) is 25.1 Å². The van der Waals surface area contributed by atoms with E-state index in [1.165, 1.54) is 11.3 Å². The van der Waals surface area contributed by atoms with Crippen molar-refractivity contribution in [2.24, 2.45) is 0 Å². The molecule has 3 rings (SSSR count). The van der Waals surface area contributed by atoms with E-state index in [4.69, 9.17) is 0 Å². The third-order valence-corrected chi connectivity index (χ3v) is 3.59. The summed E-state index contributed by atoms with van der Waals surface area (Å²) in [4.78, 5) is 6.79. The molecule has 0 amide bonds. The standard InChI is InChI=1S/C15H20N4.C2H6/c1-2-4-14(5-3-1)11-19-13-17-10-15(19)12-18-8-6-16-7-9-18;1-2/h1-5,10,13,16H,6-9,11-12H2;1-2H3. The van der Waals surface area contributed by atoms with Crippen LogP contribution in [0.2, 0.25) is 0 Å². The summed E-state index contributed by atoms with van der Waals surface area (Å²) in [5, 5.41) is 3.38. The van der Waals surface area contributed by atoms with Gasteiger partial charge in [0.1, 0.15) is 0 Å². The Morgan fingerprint density at radius 3 is 2.48 bits per heavy atom. The van der Waals surface area contributed by atoms with E-state index in [-0.39, 0.29) is 0 Å². The van der Waals surface area contributed by atoms with Gasteiger partial charge in [0.15, 0.2) is 0 Å². The Bertz CT molecular complexity index is 501. The summed E-state index contributed by atoms with van der Waals surface area (Å²) in [5.74, 6) is 0. The van der Waals surface area contributed by atoms with Crippen LogP contribution in [0.3, 0.4) is 0 Å². The molecule has 1 N–H and O–H groups in total. The van der Waals surface area contributed by atoms with Crippen LogP contribution >= 0.6 is 0 Å². The second-order valence-electron chi connectivity index (χ2n) is 5.02. The highest BCUT2D eigenvalue weighted by molar-refractivity contribution is 5.16. The second-order valence-corrected chi connectivity index (χ2v) is 5.02. The van der Waals surface area contributed by atoms with Crippen LogP contribution in [0.15, 0.2) is 42.9 Å². The maximum Gasteiger partial charge on any atom is 0.0951 e. The van der Waals surface area contributed by atoms with Crippen LogP contribution in [-0.2, 0) is 13.1 Å². The average Bonchev–Trinajstić information content (AvgIpc) is 2.98. The number of nitrogens with one attached hydrogen (secondary N) is 1. The fourth-order valence-corrected chi connectivity index (χ4v) is 2.50. The van der Waals surface area contributed by atoms with Gasteiger partial charge >= 0.3 is 0 Å². The van der Waals surface area contributed by atoms with Gasteiger partial charge in [-0.1, -0.05) is 44.2 Å². The lowest BCUT2D eigenvalue weighted by Crippen LogP contribution is -2.43. The normalized spacial score (nSPS) is 15.3. The van der Waals surface area contributed by atoms with Crippen molar-refractivity contribution in [3.8, 4) is 0 Å². The first-order chi connectivity index (χ1) is 10.4. The molecular formula is C17H26N4. The molecule has 0 spiro atoms. The molecule has 114 valence electrons. The lowest BCUT2D eigenvalue weighted by atomic mass is 10.2. The van der Waals surface area contributed by atoms with Crippen molar-refractivity contribution in [1.82, 2.24) is 19.8 Å². The molecule has 1 aliphatic heterocycles. The van der Waals surface area contributed by atoms with Crippen LogP contribution in [0, 0.1) is 0 Å². The van der Waals surface area contributed by atoms with Crippen molar-refractivity contribution >= 4 is 0 Å². The van der Waals surface area contributed by atoms with Crippen molar-refractivity contribution in [3.63, 3.8) is 0 Å². The van der Waals surface area contributed by atoms with E-state index in [2.05, 4.69) is 50.1 Å². The van der Waals surface area contributed by atoms with Crippen LogP contribution in [-0.4, -0.2) is 40.6 Å². The number of hydrogen-bond acceptors (Lipinski definition) is 3. The van der Waals surface area contributed by atoms with Crippen LogP contribution in [0.5, 0.6) is 0 Å². The molecule has 0 atom stereocenters. The maximum absolute atomic E-state index is 4.30. The largest absolute Gasteiger partial charge is 0.329 e. The van der Waals surface area contributed by atoms with Crippen molar-refractivity contribution in [1.29, 1.82) is 0 Å². The second kappa shape index (κ2) is 8.60. The molecule has 0 radical (unpaired) electrons. The van der Waals surface area contributed by atoms with Gasteiger partial charge in [-0.2, -0.15) is 0 Å². The Hall–Kier alpha value is -1.65. The zero-order valence-electron chi connectivity index (χ0n) is 13.1. The van der Waals surface area contributed by atoms with Gasteiger partial charge in [0, 0.05) is 45.5 Å². The van der Waals surface area contributed by atoms with Gasteiger partial charge in [0.05, 0.1) is 12.0 Å². The van der Waals surface area contributed by atoms with E-state index in [1.807, 2.05) is 26.4 Å². The van der Waals surface area contributed by atoms with Crippen molar-refractivity contribution in [3.05, 3.63) is 54.1 Å². The third kappa shape index (κ3) is 4.69. The van der Waals surface area contributed by atoms with Crippen molar-refractivity contribution < 1.29 is 0 Å². The Labute approximate surface area is 127 Å². The van der Waals surface area contributed by atoms with E-state index >= 15 is 0 Å². The van der Waals surface area contributed by atoms with Gasteiger partial charge in [-0.15, -0.1) is 0 Å². The molecule has 1 saturated heterocycles. The number of imidazole rings is 1. The fraction of sp³-hybridized carbons (Fsp3) is 0.471. The third-order valence-electron chi connectivity index (χ3n) is 3.59. The first-order valence-corrected chi connectivity index (χ1v) is 7.88. The van der Waals surface area contributed by atoms with Gasteiger partial charge in [0.25, 0.3) is 0 Å². The van der Waals surface area contributed by atoms with Gasteiger partial charge in [0.2, 0.25) is 0 Å². The molecule has 0 unspecified atom stereocenters. The van der Waals surface area contributed by atoms with Crippen LogP contribution in [0.4, 0.5) is 0 Å². The van der Waals surface area contributed by atoms with Crippen molar-refractivity contribution in [2.45, 2.75) is 26.9 Å². The smallest absolute Gasteiger partial charge is 0.0951 e. The van der Waals surface area contributed by atoms with Gasteiger partial charge in [-0.3, -0.25) is 4.90 Å². The molecule has 21 heavy (non-hydrogen) atoms. The average molecular weight is 286 g/mol. The summed E-state index contributed by atoms with van der Waals surface area (Å²) in [5.41, 5.74) is 2.62. The summed E-state index contributed by atoms with van der Waals surface area (Å²) in [7, 11) is 0. The van der Waals surface area contributed by atoms with E-state index in [9.17, 15) is 0 Å². The highest BCUT2D eigenvalue weighted by Gasteiger charge is 2.12. The molecule has 2 aromatic rings. The summed E-state index contributed by atoms with van der Waals surface area (Å²) >= 11 is 0. The monoisotopic (exact) mass is 286 g/mol. The number of aromatic nitrogens is 2. The molecule has 0 saturated carbocycles. The maximum atomic E-state index is 4.30. The zero-order chi connectivity index (χ0) is 14.9. The Balaban J connectivity index is 0.000000774. The minimum absolute atomic E-state index is 0.905. The zero-order valence-corrected chi connectivity index (χ0v) is 13.1. The number of nitrogens with zero attached hydrogens (tertiary/aromatic N) is 3. The van der Waals surface area contributed by atoms with Gasteiger partial charge in [-0.25, -0.2) is 4.98 Å². The molecule has 1 aliphatic rings. The number of piperazine rings is 1. The Morgan fingerprint density at radius 1 is 1.05 bits per heavy atom. The lowest BCUT2D eigenvalue weighted by Gasteiger charge is -2.27. The quantitative estimate of drug-likeness (QED) is 0.936. The molecule has 1 aromatic heterocycles. The van der Waals surface area contributed by atoms with Gasteiger partial charge < -0.3 is 9.88 Å². The van der Waals surface area contributed by atoms with Crippen LogP contribution in [0.25, 0.3) is 0 Å². The van der Waals surface area contributed by atoms with E-state index in [0.29, 0.717) is 0 Å². The van der Waals surface area contributed by atoms with Gasteiger partial charge in [-0.05, 0) is 5.56 Å². The first kappa shape index (κ1) is 15.7. The summed E-state index contributed by atoms with van der Waals surface area (Å²) in [6, 6.07) is 10.5. The predicted molar refractivity (Wildman–Crippen MR) is 87.3 cm³/mol. The highest BCUT2D eigenvalue weighted by Crippen LogP contribution is 2.09. The minimum atomic E-state index is 0.905. The van der Waals surface area contributed by atoms with Crippen molar-refractivity contribution in [2.75, 3.05) is 26.2 Å². The summed E-state index contributed by atoms with van der Waals surface area (Å²) in [6.07, 6.45) is 3.93. The first-order valence-electron chi connectivity index (χ1n) is 7.88. The molecule has 4 nitrogen and oxygen atoms in total. The molecular weight excluding hydrogens is 260 g/mol. The SMILES string of the molecule is CC.c1ccc(Cn2cncc2CN2CCNCC2)cc1. The predicted octanol–water partition coefficient (Wildman–Crippen LogP) is 2.36. The highest BCUT2D eigenvalue weighted by atomic mass is 15.2. The molecule has 0 aliphatic carbocycles. The molecule has 1 fully saturated rings. The van der Waals surface area contributed by atoms with E-state index in [0.717, 1.165) is 39.3 Å². The number of benzene rings is 1. The molecule has 2 heterocycles. The molecule has 4 heteroatoms. The topological polar surface area (TPSA) is 33.1 Å². The Kier molecular flexibility index (Phi) is 6.44. The van der Waals surface area contributed by atoms with E-state index in [1.54, 1.807) is 0 Å².